The summed E-state index contributed by atoms with van der Waals surface area (Å²) in [5, 5.41) is 21.2. The van der Waals surface area contributed by atoms with Crippen molar-refractivity contribution in [1.29, 1.82) is 0 Å². The summed E-state index contributed by atoms with van der Waals surface area (Å²) in [6, 6.07) is 7.39. The number of carbonyl (C=O) groups is 2. The zero-order valence-electron chi connectivity index (χ0n) is 20.0. The number of benzene rings is 3. The highest BCUT2D eigenvalue weighted by atomic mass is 35.5. The average Bonchev–Trinajstić information content (AvgIpc) is 3.41. The first kappa shape index (κ1) is 26.7. The maximum atomic E-state index is 13.9. The van der Waals surface area contributed by atoms with Gasteiger partial charge in [-0.25, -0.2) is 13.8 Å². The molecule has 3 aromatic carbocycles. The first-order chi connectivity index (χ1) is 18.6. The van der Waals surface area contributed by atoms with Crippen LogP contribution in [0.1, 0.15) is 17.2 Å². The summed E-state index contributed by atoms with van der Waals surface area (Å²) >= 11 is 13.5. The molecule has 13 heteroatoms. The Hall–Kier alpha value is -3.93. The van der Waals surface area contributed by atoms with E-state index in [2.05, 4.69) is 4.98 Å². The number of aliphatic hydroxyl groups excluding tert-OH is 1. The first-order valence-corrected chi connectivity index (χ1v) is 12.6. The monoisotopic (exact) mass is 592 g/mol. The molecule has 39 heavy (non-hydrogen) atoms. The Labute approximate surface area is 233 Å². The summed E-state index contributed by atoms with van der Waals surface area (Å²) in [5.74, 6) is -5.11. The zero-order chi connectivity index (χ0) is 28.2. The molecule has 1 fully saturated rings. The third kappa shape index (κ3) is 4.32. The van der Waals surface area contributed by atoms with Crippen molar-refractivity contribution in [3.63, 3.8) is 0 Å². The number of phenolic OH excluding ortho intramolecular Hbond substituents is 1. The third-order valence-corrected chi connectivity index (χ3v) is 7.71. The number of thiazole rings is 1. The number of rotatable bonds is 5. The van der Waals surface area contributed by atoms with Crippen LogP contribution in [0.2, 0.25) is 10.0 Å². The van der Waals surface area contributed by atoms with Crippen molar-refractivity contribution in [3.05, 3.63) is 80.8 Å². The van der Waals surface area contributed by atoms with Crippen LogP contribution in [0.3, 0.4) is 0 Å². The standard InChI is InChI=1S/C26H16Cl2F2N2O6S/c1-37-23-12(7-13(27)24(38-2)19(23)28)21(34)18-20(10-3-5-11(33)6-4-10)32(25(36)22(18)35)26-31-16-8-14(29)15(30)9-17(16)39-26/h3-9,20,33-34H,1-2H3/b21-18+. The maximum absolute atomic E-state index is 13.9. The van der Waals surface area contributed by atoms with E-state index in [1.165, 1.54) is 44.6 Å². The van der Waals surface area contributed by atoms with Crippen molar-refractivity contribution < 1.29 is 38.1 Å². The van der Waals surface area contributed by atoms with Crippen molar-refractivity contribution >= 4 is 67.3 Å². The lowest BCUT2D eigenvalue weighted by Gasteiger charge is -2.23. The molecule has 1 aromatic heterocycles. The van der Waals surface area contributed by atoms with Crippen LogP contribution in [0.5, 0.6) is 17.2 Å². The minimum Gasteiger partial charge on any atom is -0.508 e. The summed E-state index contributed by atoms with van der Waals surface area (Å²) in [6.45, 7) is 0. The number of methoxy groups -OCH3 is 2. The van der Waals surface area contributed by atoms with Crippen LogP contribution in [-0.4, -0.2) is 41.1 Å². The number of phenols is 1. The molecule has 1 saturated heterocycles. The van der Waals surface area contributed by atoms with Gasteiger partial charge in [-0.2, -0.15) is 0 Å². The Morgan fingerprint density at radius 2 is 1.67 bits per heavy atom. The fourth-order valence-electron chi connectivity index (χ4n) is 4.31. The first-order valence-electron chi connectivity index (χ1n) is 11.0. The van der Waals surface area contributed by atoms with Crippen LogP contribution in [0.25, 0.3) is 16.0 Å². The minimum atomic E-state index is -1.26. The highest BCUT2D eigenvalue weighted by Gasteiger charge is 2.48. The van der Waals surface area contributed by atoms with Crippen LogP contribution >= 0.6 is 34.5 Å². The molecule has 0 bridgehead atoms. The second kappa shape index (κ2) is 9.99. The van der Waals surface area contributed by atoms with Gasteiger partial charge in [0, 0.05) is 6.07 Å². The SMILES string of the molecule is COc1c(Cl)cc(/C(O)=C2\C(=O)C(=O)N(c3nc4cc(F)c(F)cc4s3)C2c2ccc(O)cc2)c(OC)c1Cl. The van der Waals surface area contributed by atoms with E-state index in [1.54, 1.807) is 0 Å². The minimum absolute atomic E-state index is 0.00418. The van der Waals surface area contributed by atoms with Gasteiger partial charge in [-0.15, -0.1) is 0 Å². The topological polar surface area (TPSA) is 109 Å². The average molecular weight is 593 g/mol. The number of fused-ring (bicyclic) bond motifs is 1. The number of hydrogen-bond donors (Lipinski definition) is 2. The molecule has 1 amide bonds. The van der Waals surface area contributed by atoms with Gasteiger partial charge in [-0.1, -0.05) is 46.7 Å². The number of carbonyl (C=O) groups excluding carboxylic acids is 2. The predicted molar refractivity (Wildman–Crippen MR) is 142 cm³/mol. The summed E-state index contributed by atoms with van der Waals surface area (Å²) in [6.07, 6.45) is 0. The Morgan fingerprint density at radius 3 is 2.31 bits per heavy atom. The molecule has 1 atom stereocenters. The number of aromatic hydroxyl groups is 1. The number of ether oxygens (including phenoxy) is 2. The fraction of sp³-hybridized carbons (Fsp3) is 0.115. The van der Waals surface area contributed by atoms with Crippen molar-refractivity contribution in [2.75, 3.05) is 19.1 Å². The van der Waals surface area contributed by atoms with E-state index < -0.39 is 35.1 Å². The molecule has 0 spiro atoms. The summed E-state index contributed by atoms with van der Waals surface area (Å²) in [4.78, 5) is 32.1. The Bertz CT molecular complexity index is 1670. The Kier molecular flexibility index (Phi) is 6.83. The number of hydrogen-bond acceptors (Lipinski definition) is 8. The lowest BCUT2D eigenvalue weighted by Crippen LogP contribution is -2.29. The molecule has 0 radical (unpaired) electrons. The molecule has 5 rings (SSSR count). The molecule has 0 saturated carbocycles. The lowest BCUT2D eigenvalue weighted by atomic mass is 9.95. The summed E-state index contributed by atoms with van der Waals surface area (Å²) < 4.78 is 38.5. The fourth-order valence-corrected chi connectivity index (χ4v) is 5.99. The molecule has 1 unspecified atom stereocenters. The summed E-state index contributed by atoms with van der Waals surface area (Å²) in [7, 11) is 2.61. The Balaban J connectivity index is 1.78. The molecule has 200 valence electrons. The van der Waals surface area contributed by atoms with E-state index in [1.807, 2.05) is 0 Å². The van der Waals surface area contributed by atoms with E-state index in [0.717, 1.165) is 28.4 Å². The number of nitrogens with zero attached hydrogens (tertiary/aromatic N) is 2. The normalized spacial score (nSPS) is 16.8. The number of aliphatic hydroxyl groups is 1. The van der Waals surface area contributed by atoms with Crippen molar-refractivity contribution in [3.8, 4) is 17.2 Å². The highest BCUT2D eigenvalue weighted by molar-refractivity contribution is 7.22. The van der Waals surface area contributed by atoms with Crippen molar-refractivity contribution in [2.45, 2.75) is 6.04 Å². The van der Waals surface area contributed by atoms with Crippen molar-refractivity contribution in [1.82, 2.24) is 4.98 Å². The largest absolute Gasteiger partial charge is 0.508 e. The van der Waals surface area contributed by atoms with Gasteiger partial charge >= 0.3 is 5.91 Å². The maximum Gasteiger partial charge on any atom is 0.301 e. The van der Waals surface area contributed by atoms with Crippen LogP contribution in [-0.2, 0) is 9.59 Å². The quantitative estimate of drug-likeness (QED) is 0.160. The van der Waals surface area contributed by atoms with Gasteiger partial charge in [-0.05, 0) is 29.8 Å². The lowest BCUT2D eigenvalue weighted by molar-refractivity contribution is -0.132. The van der Waals surface area contributed by atoms with Crippen LogP contribution < -0.4 is 14.4 Å². The van der Waals surface area contributed by atoms with Gasteiger partial charge in [0.15, 0.2) is 28.3 Å². The molecular weight excluding hydrogens is 577 g/mol. The second-order valence-corrected chi connectivity index (χ2v) is 10.1. The van der Waals surface area contributed by atoms with Gasteiger partial charge in [0.05, 0.1) is 46.6 Å². The highest BCUT2D eigenvalue weighted by Crippen LogP contribution is 2.49. The van der Waals surface area contributed by atoms with Crippen LogP contribution in [0.4, 0.5) is 13.9 Å². The van der Waals surface area contributed by atoms with Crippen LogP contribution in [0, 0.1) is 11.6 Å². The molecule has 2 heterocycles. The third-order valence-electron chi connectivity index (χ3n) is 6.07. The van der Waals surface area contributed by atoms with Gasteiger partial charge in [-0.3, -0.25) is 14.5 Å². The van der Waals surface area contributed by atoms with Gasteiger partial charge in [0.1, 0.15) is 16.5 Å². The molecular formula is C26H16Cl2F2N2O6S. The summed E-state index contributed by atoms with van der Waals surface area (Å²) in [5.41, 5.74) is -0.0769. The molecule has 1 aliphatic heterocycles. The zero-order valence-corrected chi connectivity index (χ0v) is 22.3. The number of anilines is 1. The number of amides is 1. The van der Waals surface area contributed by atoms with Gasteiger partial charge in [0.25, 0.3) is 5.78 Å². The molecule has 0 aliphatic carbocycles. The van der Waals surface area contributed by atoms with E-state index in [4.69, 9.17) is 32.7 Å². The Morgan fingerprint density at radius 1 is 1.03 bits per heavy atom. The molecule has 4 aromatic rings. The molecule has 1 aliphatic rings. The predicted octanol–water partition coefficient (Wildman–Crippen LogP) is 6.23. The number of halogens is 4. The smallest absolute Gasteiger partial charge is 0.301 e. The number of aromatic nitrogens is 1. The van der Waals surface area contributed by atoms with E-state index in [0.29, 0.717) is 5.56 Å². The van der Waals surface area contributed by atoms with Gasteiger partial charge < -0.3 is 19.7 Å². The number of Topliss-reactive ketones (excluding diaryl/α,β-unsaturated/α-hetero) is 1. The van der Waals surface area contributed by atoms with Crippen molar-refractivity contribution in [2.24, 2.45) is 0 Å². The van der Waals surface area contributed by atoms with E-state index in [9.17, 15) is 28.6 Å². The molecule has 2 N–H and O–H groups in total. The van der Waals surface area contributed by atoms with Gasteiger partial charge in [0.2, 0.25) is 0 Å². The number of ketones is 1. The molecule has 8 nitrogen and oxygen atoms in total. The van der Waals surface area contributed by atoms with Crippen LogP contribution in [0.15, 0.2) is 48.0 Å². The van der Waals surface area contributed by atoms with E-state index in [-0.39, 0.29) is 53.8 Å². The second-order valence-electron chi connectivity index (χ2n) is 8.28. The van der Waals surface area contributed by atoms with E-state index >= 15 is 0 Å².